The highest BCUT2D eigenvalue weighted by molar-refractivity contribution is 5.68. The molecule has 2 aliphatic rings. The highest BCUT2D eigenvalue weighted by Gasteiger charge is 2.20. The van der Waals surface area contributed by atoms with Crippen molar-refractivity contribution in [2.45, 2.75) is 63.5 Å². The zero-order chi connectivity index (χ0) is 25.8. The Morgan fingerprint density at radius 3 is 1.80 bits per heavy atom. The first kappa shape index (κ1) is 27.2. The molecule has 2 saturated carbocycles. The number of hydrogen-bond donors (Lipinski definition) is 2. The van der Waals surface area contributed by atoms with Crippen LogP contribution < -0.4 is 11.1 Å². The van der Waals surface area contributed by atoms with E-state index in [2.05, 4.69) is 15.0 Å². The van der Waals surface area contributed by atoms with Crippen molar-refractivity contribution >= 4 is 28.4 Å². The number of nitrogens with zero attached hydrogens (tertiary/aromatic N) is 4. The predicted molar refractivity (Wildman–Crippen MR) is 131 cm³/mol. The van der Waals surface area contributed by atoms with Crippen molar-refractivity contribution in [3.63, 3.8) is 0 Å². The Morgan fingerprint density at radius 1 is 0.857 bits per heavy atom. The molecule has 0 radical (unpaired) electrons. The summed E-state index contributed by atoms with van der Waals surface area (Å²) in [5, 5.41) is 24.3. The Bertz CT molecular complexity index is 1120. The fourth-order valence-corrected chi connectivity index (χ4v) is 3.82. The second-order valence-corrected chi connectivity index (χ2v) is 8.25. The molecule has 0 amide bonds. The fraction of sp³-hybridized carbons (Fsp3) is 0.417. The van der Waals surface area contributed by atoms with Gasteiger partial charge >= 0.3 is 0 Å². The summed E-state index contributed by atoms with van der Waals surface area (Å²) in [5.41, 5.74) is 5.74. The molecule has 10 nitrogen and oxygen atoms in total. The van der Waals surface area contributed by atoms with Gasteiger partial charge in [-0.15, -0.1) is 0 Å². The zero-order valence-electron chi connectivity index (χ0n) is 19.2. The molecule has 11 heteroatoms. The zero-order valence-corrected chi connectivity index (χ0v) is 19.2. The van der Waals surface area contributed by atoms with Gasteiger partial charge in [-0.1, -0.05) is 37.8 Å². The van der Waals surface area contributed by atoms with Crippen LogP contribution in [0.15, 0.2) is 36.4 Å². The Hall–Kier alpha value is -4.09. The Kier molecular flexibility index (Phi) is 10.5. The summed E-state index contributed by atoms with van der Waals surface area (Å²) < 4.78 is 12.6. The summed E-state index contributed by atoms with van der Waals surface area (Å²) in [6, 6.07) is 8.44. The van der Waals surface area contributed by atoms with Crippen LogP contribution in [0.5, 0.6) is 0 Å². The molecule has 3 N–H and O–H groups in total. The second-order valence-electron chi connectivity index (χ2n) is 8.25. The van der Waals surface area contributed by atoms with E-state index in [1.807, 2.05) is 0 Å². The van der Waals surface area contributed by atoms with Crippen LogP contribution in [-0.2, 0) is 0 Å². The lowest BCUT2D eigenvalue weighted by Gasteiger charge is -2.13. The van der Waals surface area contributed by atoms with E-state index in [0.717, 1.165) is 25.0 Å². The van der Waals surface area contributed by atoms with Crippen LogP contribution in [-0.4, -0.2) is 21.9 Å². The molecule has 2 aliphatic carbocycles. The van der Waals surface area contributed by atoms with E-state index in [-0.39, 0.29) is 11.4 Å². The van der Waals surface area contributed by atoms with Gasteiger partial charge in [0.25, 0.3) is 11.4 Å². The lowest BCUT2D eigenvalue weighted by Crippen LogP contribution is -2.15. The van der Waals surface area contributed by atoms with Crippen LogP contribution in [0, 0.1) is 39.2 Å². The number of rotatable bonds is 4. The summed E-state index contributed by atoms with van der Waals surface area (Å²) >= 11 is 0. The molecular weight excluding hydrogens is 455 g/mol. The smallest absolute Gasteiger partial charge is 0.294 e. The minimum Gasteiger partial charge on any atom is -0.377 e. The van der Waals surface area contributed by atoms with E-state index in [9.17, 15) is 24.6 Å². The maximum atomic E-state index is 12.6. The average molecular weight is 483 g/mol. The molecule has 4 rings (SSSR count). The van der Waals surface area contributed by atoms with Crippen LogP contribution >= 0.6 is 0 Å². The lowest BCUT2D eigenvalue weighted by atomic mass is 10.2. The predicted octanol–water partition coefficient (Wildman–Crippen LogP) is 6.67. The number of nitro groups is 2. The van der Waals surface area contributed by atoms with Crippen LogP contribution in [0.3, 0.4) is 0 Å². The van der Waals surface area contributed by atoms with Gasteiger partial charge < -0.3 is 11.1 Å². The number of halogens is 1. The summed E-state index contributed by atoms with van der Waals surface area (Å²) in [4.78, 5) is 25.9. The molecule has 0 bridgehead atoms. The summed E-state index contributed by atoms with van der Waals surface area (Å²) in [5.74, 6) is -0.924. The third-order valence-electron chi connectivity index (χ3n) is 5.68. The van der Waals surface area contributed by atoms with Crippen LogP contribution in [0.2, 0.25) is 0 Å². The van der Waals surface area contributed by atoms with Crippen molar-refractivity contribution in [1.29, 1.82) is 0 Å². The van der Waals surface area contributed by atoms with E-state index in [1.165, 1.54) is 50.7 Å². The molecule has 0 aromatic heterocycles. The van der Waals surface area contributed by atoms with Gasteiger partial charge in [-0.25, -0.2) is 9.69 Å². The number of nitrogens with two attached hydrogens (primary N) is 1. The van der Waals surface area contributed by atoms with E-state index < -0.39 is 21.4 Å². The number of anilines is 1. The molecule has 0 spiro atoms. The van der Waals surface area contributed by atoms with Crippen LogP contribution in [0.1, 0.15) is 51.4 Å². The molecule has 184 valence electrons. The topological polar surface area (TPSA) is 133 Å². The fourth-order valence-electron chi connectivity index (χ4n) is 3.82. The van der Waals surface area contributed by atoms with E-state index in [0.29, 0.717) is 23.5 Å². The van der Waals surface area contributed by atoms with E-state index >= 15 is 0 Å². The van der Waals surface area contributed by atoms with Gasteiger partial charge in [0, 0.05) is 24.2 Å². The Balaban J connectivity index is 0.000000207. The van der Waals surface area contributed by atoms with Crippen molar-refractivity contribution < 1.29 is 14.2 Å². The normalized spacial score (nSPS) is 15.0. The highest BCUT2D eigenvalue weighted by Crippen LogP contribution is 2.32. The SMILES string of the molecule is NC1CCCC1.[C-]#[N+]c1ccc(F)c([N+](=O)[O-])c1.[C-]#[N+]c1ccc(NC2CCCC2)c([N+](=O)[O-])c1. The third kappa shape index (κ3) is 8.65. The minimum atomic E-state index is -0.924. The molecule has 35 heavy (non-hydrogen) atoms. The lowest BCUT2D eigenvalue weighted by molar-refractivity contribution is -0.387. The van der Waals surface area contributed by atoms with Gasteiger partial charge in [0.15, 0.2) is 17.2 Å². The van der Waals surface area contributed by atoms with Crippen LogP contribution in [0.25, 0.3) is 9.69 Å². The first-order chi connectivity index (χ1) is 16.7. The van der Waals surface area contributed by atoms with Crippen LogP contribution in [0.4, 0.5) is 32.8 Å². The number of nitro benzene ring substituents is 2. The molecule has 0 unspecified atom stereocenters. The number of hydrogen-bond acceptors (Lipinski definition) is 6. The van der Waals surface area contributed by atoms with Crippen molar-refractivity contribution in [2.24, 2.45) is 5.73 Å². The van der Waals surface area contributed by atoms with Gasteiger partial charge in [0.2, 0.25) is 0 Å². The van der Waals surface area contributed by atoms with Gasteiger partial charge in [-0.3, -0.25) is 20.2 Å². The highest BCUT2D eigenvalue weighted by atomic mass is 19.1. The molecule has 0 saturated heterocycles. The Morgan fingerprint density at radius 2 is 1.34 bits per heavy atom. The largest absolute Gasteiger partial charge is 0.377 e. The molecule has 0 heterocycles. The van der Waals surface area contributed by atoms with Gasteiger partial charge in [0.1, 0.15) is 5.69 Å². The van der Waals surface area contributed by atoms with Crippen molar-refractivity contribution in [3.8, 4) is 0 Å². The first-order valence-corrected chi connectivity index (χ1v) is 11.2. The molecule has 0 atom stereocenters. The van der Waals surface area contributed by atoms with Gasteiger partial charge in [-0.2, -0.15) is 4.39 Å². The van der Waals surface area contributed by atoms with Gasteiger partial charge in [0.05, 0.1) is 23.0 Å². The van der Waals surface area contributed by atoms with Crippen molar-refractivity contribution in [1.82, 2.24) is 0 Å². The molecule has 2 aromatic carbocycles. The van der Waals surface area contributed by atoms with E-state index in [1.54, 1.807) is 12.1 Å². The maximum absolute atomic E-state index is 12.6. The molecule has 0 aliphatic heterocycles. The van der Waals surface area contributed by atoms with Crippen molar-refractivity contribution in [3.05, 3.63) is 85.3 Å². The van der Waals surface area contributed by atoms with E-state index in [4.69, 9.17) is 18.9 Å². The molecule has 2 fully saturated rings. The quantitative estimate of drug-likeness (QED) is 0.284. The first-order valence-electron chi connectivity index (χ1n) is 11.2. The number of nitrogens with one attached hydrogen (secondary N) is 1. The summed E-state index contributed by atoms with van der Waals surface area (Å²) in [7, 11) is 0. The van der Waals surface area contributed by atoms with Gasteiger partial charge in [-0.05, 0) is 37.8 Å². The molecule has 2 aromatic rings. The minimum absolute atomic E-state index is 0.00889. The third-order valence-corrected chi connectivity index (χ3v) is 5.68. The summed E-state index contributed by atoms with van der Waals surface area (Å²) in [6.07, 6.45) is 9.71. The number of benzene rings is 2. The summed E-state index contributed by atoms with van der Waals surface area (Å²) in [6.45, 7) is 13.4. The van der Waals surface area contributed by atoms with Crippen molar-refractivity contribution in [2.75, 3.05) is 5.32 Å². The second kappa shape index (κ2) is 13.6. The molecular formula is C24H27FN6O4. The monoisotopic (exact) mass is 482 g/mol. The maximum Gasteiger partial charge on any atom is 0.294 e. The average Bonchev–Trinajstić information content (AvgIpc) is 3.54. The standard InChI is InChI=1S/C12H13N3O2.C7H3FN2O2.C5H11N/c1-13-10-6-7-11(12(8-10)15(16)17)14-9-4-2-3-5-9;1-9-5-2-3-6(8)7(4-5)10(11)12;6-5-3-1-2-4-5/h6-9,14H,2-5H2;2-4H;5H,1-4,6H2. The Labute approximate surface area is 202 Å².